The van der Waals surface area contributed by atoms with E-state index in [1.807, 2.05) is 13.0 Å². The van der Waals surface area contributed by atoms with Crippen molar-refractivity contribution in [3.05, 3.63) is 41.5 Å². The highest BCUT2D eigenvalue weighted by molar-refractivity contribution is 6.00. The van der Waals surface area contributed by atoms with Crippen LogP contribution in [-0.2, 0) is 0 Å². The quantitative estimate of drug-likeness (QED) is 0.805. The summed E-state index contributed by atoms with van der Waals surface area (Å²) >= 11 is 0. The van der Waals surface area contributed by atoms with E-state index < -0.39 is 0 Å². The first-order valence-corrected chi connectivity index (χ1v) is 9.32. The van der Waals surface area contributed by atoms with Crippen LogP contribution in [0.25, 0.3) is 10.8 Å². The lowest BCUT2D eigenvalue weighted by atomic mass is 10.00. The first-order valence-electron chi connectivity index (χ1n) is 9.32. The molecule has 4 heteroatoms. The SMILES string of the molecule is Cc1ccc2ccc(N3CCC(N4CCN(C)CC4)C3)cc2c1C=O. The van der Waals surface area contributed by atoms with Crippen molar-refractivity contribution in [2.45, 2.75) is 19.4 Å². The first-order chi connectivity index (χ1) is 12.2. The average molecular weight is 337 g/mol. The molecule has 25 heavy (non-hydrogen) atoms. The number of carbonyl (C=O) groups is 1. The summed E-state index contributed by atoms with van der Waals surface area (Å²) in [6, 6.07) is 11.4. The van der Waals surface area contributed by atoms with Crippen LogP contribution in [0.4, 0.5) is 5.69 Å². The minimum absolute atomic E-state index is 0.660. The summed E-state index contributed by atoms with van der Waals surface area (Å²) in [7, 11) is 2.21. The Kier molecular flexibility index (Phi) is 4.48. The fourth-order valence-corrected chi connectivity index (χ4v) is 4.25. The molecule has 0 spiro atoms. The number of anilines is 1. The zero-order valence-corrected chi connectivity index (χ0v) is 15.2. The fraction of sp³-hybridized carbons (Fsp3) is 0.476. The minimum atomic E-state index is 0.660. The molecular formula is C21H27N3O. The fourth-order valence-electron chi connectivity index (χ4n) is 4.25. The van der Waals surface area contributed by atoms with Gasteiger partial charge in [-0.1, -0.05) is 18.2 Å². The van der Waals surface area contributed by atoms with Crippen LogP contribution in [0, 0.1) is 6.92 Å². The molecular weight excluding hydrogens is 310 g/mol. The van der Waals surface area contributed by atoms with Crippen LogP contribution in [0.15, 0.2) is 30.3 Å². The molecule has 0 saturated carbocycles. The van der Waals surface area contributed by atoms with Gasteiger partial charge in [0.25, 0.3) is 0 Å². The van der Waals surface area contributed by atoms with Gasteiger partial charge in [0.1, 0.15) is 0 Å². The monoisotopic (exact) mass is 337 g/mol. The molecule has 0 amide bonds. The zero-order valence-electron chi connectivity index (χ0n) is 15.2. The van der Waals surface area contributed by atoms with Gasteiger partial charge in [-0.3, -0.25) is 9.69 Å². The van der Waals surface area contributed by atoms with Crippen molar-refractivity contribution in [1.82, 2.24) is 9.80 Å². The summed E-state index contributed by atoms with van der Waals surface area (Å²) in [6.07, 6.45) is 2.23. The lowest BCUT2D eigenvalue weighted by molar-refractivity contribution is 0.112. The molecule has 2 heterocycles. The molecule has 2 fully saturated rings. The van der Waals surface area contributed by atoms with E-state index >= 15 is 0 Å². The third-order valence-electron chi connectivity index (χ3n) is 5.97. The van der Waals surface area contributed by atoms with Crippen LogP contribution >= 0.6 is 0 Å². The number of nitrogens with zero attached hydrogens (tertiary/aromatic N) is 3. The van der Waals surface area contributed by atoms with E-state index in [1.54, 1.807) is 0 Å². The maximum Gasteiger partial charge on any atom is 0.150 e. The number of hydrogen-bond acceptors (Lipinski definition) is 4. The second-order valence-corrected chi connectivity index (χ2v) is 7.55. The topological polar surface area (TPSA) is 26.8 Å². The Morgan fingerprint density at radius 1 is 1.04 bits per heavy atom. The van der Waals surface area contributed by atoms with Crippen LogP contribution in [0.1, 0.15) is 22.3 Å². The van der Waals surface area contributed by atoms with E-state index in [2.05, 4.69) is 46.0 Å². The van der Waals surface area contributed by atoms with E-state index in [1.165, 1.54) is 38.3 Å². The van der Waals surface area contributed by atoms with Crippen molar-refractivity contribution in [2.24, 2.45) is 0 Å². The molecule has 1 unspecified atom stereocenters. The number of likely N-dealkylation sites (N-methyl/N-ethyl adjacent to an activating group) is 1. The molecule has 0 bridgehead atoms. The Morgan fingerprint density at radius 2 is 1.80 bits per heavy atom. The molecule has 1 atom stereocenters. The molecule has 2 aliphatic rings. The standard InChI is InChI=1S/C21H27N3O/c1-16-3-4-17-5-6-18(13-20(17)21(16)15-25)24-8-7-19(14-24)23-11-9-22(2)10-12-23/h3-6,13,15,19H,7-12,14H2,1-2H3. The van der Waals surface area contributed by atoms with Gasteiger partial charge in [-0.25, -0.2) is 0 Å². The summed E-state index contributed by atoms with van der Waals surface area (Å²) in [5.41, 5.74) is 3.13. The Bertz CT molecular complexity index is 780. The minimum Gasteiger partial charge on any atom is -0.370 e. The summed E-state index contributed by atoms with van der Waals surface area (Å²) in [4.78, 5) is 19.1. The van der Waals surface area contributed by atoms with E-state index in [4.69, 9.17) is 0 Å². The molecule has 0 aliphatic carbocycles. The highest BCUT2D eigenvalue weighted by Crippen LogP contribution is 2.29. The molecule has 0 N–H and O–H groups in total. The molecule has 2 aliphatic heterocycles. The van der Waals surface area contributed by atoms with Crippen LogP contribution in [-0.4, -0.2) is 68.4 Å². The van der Waals surface area contributed by atoms with Crippen LogP contribution in [0.3, 0.4) is 0 Å². The lowest BCUT2D eigenvalue weighted by Gasteiger charge is -2.36. The number of aryl methyl sites for hydroxylation is 1. The Hall–Kier alpha value is -1.91. The van der Waals surface area contributed by atoms with Crippen molar-refractivity contribution in [3.8, 4) is 0 Å². The number of rotatable bonds is 3. The normalized spacial score (nSPS) is 22.6. The summed E-state index contributed by atoms with van der Waals surface area (Å²) in [6.45, 7) is 8.92. The average Bonchev–Trinajstić information content (AvgIpc) is 3.12. The molecule has 0 aromatic heterocycles. The Balaban J connectivity index is 1.55. The van der Waals surface area contributed by atoms with Gasteiger partial charge in [0.05, 0.1) is 0 Å². The number of benzene rings is 2. The number of piperazine rings is 1. The number of carbonyl (C=O) groups excluding carboxylic acids is 1. The van der Waals surface area contributed by atoms with Gasteiger partial charge in [-0.05, 0) is 48.9 Å². The number of hydrogen-bond donors (Lipinski definition) is 0. The van der Waals surface area contributed by atoms with Crippen molar-refractivity contribution in [3.63, 3.8) is 0 Å². The molecule has 2 saturated heterocycles. The number of fused-ring (bicyclic) bond motifs is 1. The zero-order chi connectivity index (χ0) is 17.4. The second kappa shape index (κ2) is 6.77. The van der Waals surface area contributed by atoms with Gasteiger partial charge in [-0.15, -0.1) is 0 Å². The number of aldehydes is 1. The smallest absolute Gasteiger partial charge is 0.150 e. The Morgan fingerprint density at radius 3 is 2.56 bits per heavy atom. The predicted molar refractivity (Wildman–Crippen MR) is 104 cm³/mol. The molecule has 2 aromatic rings. The second-order valence-electron chi connectivity index (χ2n) is 7.55. The van der Waals surface area contributed by atoms with E-state index in [-0.39, 0.29) is 0 Å². The molecule has 4 rings (SSSR count). The van der Waals surface area contributed by atoms with Gasteiger partial charge in [-0.2, -0.15) is 0 Å². The van der Waals surface area contributed by atoms with Gasteiger partial charge in [0.2, 0.25) is 0 Å². The summed E-state index contributed by atoms with van der Waals surface area (Å²) < 4.78 is 0. The maximum absolute atomic E-state index is 11.5. The third-order valence-corrected chi connectivity index (χ3v) is 5.97. The highest BCUT2D eigenvalue weighted by Gasteiger charge is 2.29. The Labute approximate surface area is 150 Å². The first kappa shape index (κ1) is 16.6. The van der Waals surface area contributed by atoms with Gasteiger partial charge < -0.3 is 9.80 Å². The van der Waals surface area contributed by atoms with Gasteiger partial charge in [0.15, 0.2) is 6.29 Å². The van der Waals surface area contributed by atoms with Crippen molar-refractivity contribution >= 4 is 22.7 Å². The van der Waals surface area contributed by atoms with Crippen molar-refractivity contribution < 1.29 is 4.79 Å². The lowest BCUT2D eigenvalue weighted by Crippen LogP contribution is -2.49. The highest BCUT2D eigenvalue weighted by atomic mass is 16.1. The van der Waals surface area contributed by atoms with Crippen molar-refractivity contribution in [2.75, 3.05) is 51.2 Å². The van der Waals surface area contributed by atoms with Crippen LogP contribution in [0.2, 0.25) is 0 Å². The largest absolute Gasteiger partial charge is 0.370 e. The predicted octanol–water partition coefficient (Wildman–Crippen LogP) is 2.79. The molecule has 2 aromatic carbocycles. The third kappa shape index (κ3) is 3.16. The maximum atomic E-state index is 11.5. The van der Waals surface area contributed by atoms with Crippen LogP contribution < -0.4 is 4.90 Å². The van der Waals surface area contributed by atoms with Crippen LogP contribution in [0.5, 0.6) is 0 Å². The van der Waals surface area contributed by atoms with E-state index in [0.717, 1.165) is 41.3 Å². The molecule has 4 nitrogen and oxygen atoms in total. The summed E-state index contributed by atoms with van der Waals surface area (Å²) in [5, 5.41) is 2.22. The van der Waals surface area contributed by atoms with E-state index in [0.29, 0.717) is 6.04 Å². The van der Waals surface area contributed by atoms with E-state index in [9.17, 15) is 4.79 Å². The van der Waals surface area contributed by atoms with Gasteiger partial charge >= 0.3 is 0 Å². The molecule has 0 radical (unpaired) electrons. The van der Waals surface area contributed by atoms with Gasteiger partial charge in [0, 0.05) is 56.6 Å². The summed E-state index contributed by atoms with van der Waals surface area (Å²) in [5.74, 6) is 0. The van der Waals surface area contributed by atoms with Crippen molar-refractivity contribution in [1.29, 1.82) is 0 Å². The molecule has 132 valence electrons.